The first-order chi connectivity index (χ1) is 14.5. The van der Waals surface area contributed by atoms with Crippen molar-refractivity contribution in [1.82, 2.24) is 0 Å². The van der Waals surface area contributed by atoms with Gasteiger partial charge in [0.25, 0.3) is 0 Å². The molecule has 1 fully saturated rings. The van der Waals surface area contributed by atoms with Gasteiger partial charge in [0, 0.05) is 5.56 Å². The smallest absolute Gasteiger partial charge is 0.225 e. The third-order valence-corrected chi connectivity index (χ3v) is 6.16. The molecule has 0 aromatic heterocycles. The van der Waals surface area contributed by atoms with Crippen LogP contribution in [-0.2, 0) is 28.3 Å². The van der Waals surface area contributed by atoms with Crippen LogP contribution in [-0.4, -0.2) is 51.4 Å². The van der Waals surface area contributed by atoms with Crippen LogP contribution in [0, 0.1) is 0 Å². The highest BCUT2D eigenvalue weighted by molar-refractivity contribution is 5.83. The van der Waals surface area contributed by atoms with Gasteiger partial charge in [-0.15, -0.1) is 0 Å². The summed E-state index contributed by atoms with van der Waals surface area (Å²) >= 11 is 0. The molecule has 3 aromatic carbocycles. The van der Waals surface area contributed by atoms with Crippen molar-refractivity contribution in [3.8, 4) is 0 Å². The molecule has 0 bridgehead atoms. The van der Waals surface area contributed by atoms with Crippen LogP contribution in [0.5, 0.6) is 0 Å². The molecule has 156 valence electrons. The summed E-state index contributed by atoms with van der Waals surface area (Å²) in [6.45, 7) is -0.286. The lowest BCUT2D eigenvalue weighted by molar-refractivity contribution is -0.368. The van der Waals surface area contributed by atoms with Gasteiger partial charge < -0.3 is 29.9 Å². The van der Waals surface area contributed by atoms with Gasteiger partial charge in [-0.1, -0.05) is 54.6 Å². The molecule has 0 radical (unpaired) electrons. The van der Waals surface area contributed by atoms with E-state index in [0.717, 1.165) is 16.7 Å². The fourth-order valence-electron chi connectivity index (χ4n) is 4.51. The van der Waals surface area contributed by atoms with Gasteiger partial charge in [-0.2, -0.15) is 0 Å². The Balaban J connectivity index is 1.49. The SMILES string of the molecule is OC[C@H]1OC2(OCc3ccc(Cc4ccc5ccccc5c4)cc32)[C@H](O)[C@@H](O)[C@@H]1O. The zero-order valence-corrected chi connectivity index (χ0v) is 16.3. The van der Waals surface area contributed by atoms with Gasteiger partial charge in [-0.3, -0.25) is 0 Å². The lowest BCUT2D eigenvalue weighted by atomic mass is 9.86. The molecule has 0 amide bonds. The van der Waals surface area contributed by atoms with Crippen molar-refractivity contribution in [2.75, 3.05) is 6.61 Å². The minimum absolute atomic E-state index is 0.212. The third-order valence-electron chi connectivity index (χ3n) is 6.16. The number of fused-ring (bicyclic) bond motifs is 3. The number of ether oxygens (including phenoxy) is 2. The molecule has 2 aliphatic heterocycles. The first-order valence-corrected chi connectivity index (χ1v) is 10.1. The van der Waals surface area contributed by atoms with Gasteiger partial charge in [-0.05, 0) is 39.9 Å². The maximum atomic E-state index is 10.7. The molecule has 3 aromatic rings. The predicted molar refractivity (Wildman–Crippen MR) is 110 cm³/mol. The summed E-state index contributed by atoms with van der Waals surface area (Å²) in [7, 11) is 0. The van der Waals surface area contributed by atoms with Gasteiger partial charge >= 0.3 is 0 Å². The fourth-order valence-corrected chi connectivity index (χ4v) is 4.51. The Bertz CT molecular complexity index is 1080. The third kappa shape index (κ3) is 3.04. The molecule has 1 spiro atoms. The van der Waals surface area contributed by atoms with Crippen LogP contribution in [0.3, 0.4) is 0 Å². The first kappa shape index (κ1) is 19.6. The molecule has 0 aliphatic carbocycles. The van der Waals surface area contributed by atoms with Crippen LogP contribution >= 0.6 is 0 Å². The van der Waals surface area contributed by atoms with E-state index in [4.69, 9.17) is 9.47 Å². The monoisotopic (exact) mass is 408 g/mol. The molecule has 0 saturated carbocycles. The normalized spacial score (nSPS) is 30.7. The second kappa shape index (κ2) is 7.42. The standard InChI is InChI=1S/C24H24O6/c25-12-20-21(26)22(27)23(28)24(30-20)19-11-15(6-8-18(19)13-29-24)9-14-5-7-16-3-1-2-4-17(16)10-14/h1-8,10-11,20-23,25-28H,9,12-13H2/t20-,21-,22+,23-,24?/m1/s1. The summed E-state index contributed by atoms with van der Waals surface area (Å²) in [5, 5.41) is 43.0. The molecule has 5 rings (SSSR count). The van der Waals surface area contributed by atoms with Crippen LogP contribution in [0.1, 0.15) is 22.3 Å². The molecular weight excluding hydrogens is 384 g/mol. The molecule has 1 saturated heterocycles. The highest BCUT2D eigenvalue weighted by Gasteiger charge is 2.58. The van der Waals surface area contributed by atoms with Crippen molar-refractivity contribution in [2.24, 2.45) is 0 Å². The minimum Gasteiger partial charge on any atom is -0.394 e. The van der Waals surface area contributed by atoms with Gasteiger partial charge in [0.05, 0.1) is 13.2 Å². The molecule has 30 heavy (non-hydrogen) atoms. The summed E-state index contributed by atoms with van der Waals surface area (Å²) < 4.78 is 11.7. The van der Waals surface area contributed by atoms with E-state index in [9.17, 15) is 20.4 Å². The molecular formula is C24H24O6. The lowest BCUT2D eigenvalue weighted by Crippen LogP contribution is -2.63. The highest BCUT2D eigenvalue weighted by Crippen LogP contribution is 2.46. The number of rotatable bonds is 3. The maximum absolute atomic E-state index is 10.7. The van der Waals surface area contributed by atoms with Crippen LogP contribution in [0.25, 0.3) is 10.8 Å². The van der Waals surface area contributed by atoms with Crippen molar-refractivity contribution in [3.05, 3.63) is 82.9 Å². The van der Waals surface area contributed by atoms with E-state index in [1.54, 1.807) is 0 Å². The largest absolute Gasteiger partial charge is 0.394 e. The molecule has 6 heteroatoms. The second-order valence-corrected chi connectivity index (χ2v) is 8.07. The second-order valence-electron chi connectivity index (χ2n) is 8.07. The van der Waals surface area contributed by atoms with Crippen molar-refractivity contribution >= 4 is 10.8 Å². The van der Waals surface area contributed by atoms with E-state index in [2.05, 4.69) is 30.3 Å². The summed E-state index contributed by atoms with van der Waals surface area (Å²) in [6.07, 6.45) is -4.75. The van der Waals surface area contributed by atoms with Crippen molar-refractivity contribution in [3.63, 3.8) is 0 Å². The van der Waals surface area contributed by atoms with E-state index in [0.29, 0.717) is 12.0 Å². The van der Waals surface area contributed by atoms with E-state index in [1.165, 1.54) is 10.8 Å². The van der Waals surface area contributed by atoms with Crippen LogP contribution in [0.2, 0.25) is 0 Å². The quantitative estimate of drug-likeness (QED) is 0.525. The zero-order valence-electron chi connectivity index (χ0n) is 16.3. The Morgan fingerprint density at radius 1 is 0.867 bits per heavy atom. The van der Waals surface area contributed by atoms with Crippen molar-refractivity contribution in [2.45, 2.75) is 43.2 Å². The van der Waals surface area contributed by atoms with Gasteiger partial charge in [-0.25, -0.2) is 0 Å². The molecule has 2 heterocycles. The number of hydrogen-bond donors (Lipinski definition) is 4. The van der Waals surface area contributed by atoms with Gasteiger partial charge in [0.1, 0.15) is 24.4 Å². The molecule has 5 atom stereocenters. The first-order valence-electron chi connectivity index (χ1n) is 10.1. The van der Waals surface area contributed by atoms with Gasteiger partial charge in [0.2, 0.25) is 5.79 Å². The van der Waals surface area contributed by atoms with Crippen molar-refractivity contribution in [1.29, 1.82) is 0 Å². The lowest BCUT2D eigenvalue weighted by Gasteiger charge is -2.46. The summed E-state index contributed by atoms with van der Waals surface area (Å²) in [5.41, 5.74) is 3.62. The predicted octanol–water partition coefficient (Wildman–Crippen LogP) is 1.59. The summed E-state index contributed by atoms with van der Waals surface area (Å²) in [4.78, 5) is 0. The van der Waals surface area contributed by atoms with E-state index in [-0.39, 0.29) is 6.61 Å². The highest BCUT2D eigenvalue weighted by atomic mass is 16.7. The van der Waals surface area contributed by atoms with E-state index in [1.807, 2.05) is 30.3 Å². The van der Waals surface area contributed by atoms with Crippen LogP contribution in [0.15, 0.2) is 60.7 Å². The molecule has 2 aliphatic rings. The topological polar surface area (TPSA) is 99.4 Å². The number of aliphatic hydroxyl groups is 4. The van der Waals surface area contributed by atoms with Crippen LogP contribution in [0.4, 0.5) is 0 Å². The van der Waals surface area contributed by atoms with E-state index >= 15 is 0 Å². The average molecular weight is 408 g/mol. The Hall–Kier alpha value is -2.32. The zero-order chi connectivity index (χ0) is 20.9. The van der Waals surface area contributed by atoms with Crippen molar-refractivity contribution < 1.29 is 29.9 Å². The Kier molecular flexibility index (Phi) is 4.86. The van der Waals surface area contributed by atoms with Gasteiger partial charge in [0.15, 0.2) is 0 Å². The number of hydrogen-bond acceptors (Lipinski definition) is 6. The Morgan fingerprint density at radius 2 is 1.60 bits per heavy atom. The molecule has 6 nitrogen and oxygen atoms in total. The Morgan fingerprint density at radius 3 is 2.40 bits per heavy atom. The summed E-state index contributed by atoms with van der Waals surface area (Å²) in [5.74, 6) is -1.61. The molecule has 1 unspecified atom stereocenters. The number of aliphatic hydroxyl groups excluding tert-OH is 4. The fraction of sp³-hybridized carbons (Fsp3) is 0.333. The van der Waals surface area contributed by atoms with E-state index < -0.39 is 36.8 Å². The summed E-state index contributed by atoms with van der Waals surface area (Å²) in [6, 6.07) is 20.4. The average Bonchev–Trinajstić information content (AvgIpc) is 3.13. The molecule has 4 N–H and O–H groups in total. The Labute approximate surface area is 173 Å². The minimum atomic E-state index is -1.61. The number of benzene rings is 3. The van der Waals surface area contributed by atoms with Crippen LogP contribution < -0.4 is 0 Å². The maximum Gasteiger partial charge on any atom is 0.225 e.